The van der Waals surface area contributed by atoms with E-state index in [9.17, 15) is 9.59 Å². The normalized spacial score (nSPS) is 25.2. The molecule has 2 aromatic carbocycles. The Labute approximate surface area is 202 Å². The molecule has 0 aliphatic heterocycles. The summed E-state index contributed by atoms with van der Waals surface area (Å²) in [5, 5.41) is 4.00. The minimum atomic E-state index is -0.851. The highest BCUT2D eigenvalue weighted by atomic mass is 35.5. The summed E-state index contributed by atoms with van der Waals surface area (Å²) in [4.78, 5) is 24.3. The van der Waals surface area contributed by atoms with E-state index in [1.54, 1.807) is 13.2 Å². The Morgan fingerprint density at radius 2 is 1.58 bits per heavy atom. The Hall–Kier alpha value is -2.21. The van der Waals surface area contributed by atoms with Gasteiger partial charge >= 0.3 is 0 Å². The fourth-order valence-corrected chi connectivity index (χ4v) is 5.26. The highest BCUT2D eigenvalue weighted by Crippen LogP contribution is 2.36. The lowest BCUT2D eigenvalue weighted by Gasteiger charge is -2.37. The van der Waals surface area contributed by atoms with Crippen molar-refractivity contribution in [3.8, 4) is 5.75 Å². The Bertz CT molecular complexity index is 958. The summed E-state index contributed by atoms with van der Waals surface area (Å²) in [6.07, 6.45) is 6.91. The molecule has 3 N–H and O–H groups in total. The maximum Gasteiger partial charge on any atom is 0.157 e. The zero-order valence-electron chi connectivity index (χ0n) is 19.7. The van der Waals surface area contributed by atoms with Gasteiger partial charge in [-0.25, -0.2) is 0 Å². The van der Waals surface area contributed by atoms with Crippen LogP contribution in [-0.2, 0) is 20.7 Å². The lowest BCUT2D eigenvalue weighted by Crippen LogP contribution is -2.50. The summed E-state index contributed by atoms with van der Waals surface area (Å²) in [6, 6.07) is 15.2. The minimum Gasteiger partial charge on any atom is -0.497 e. The fourth-order valence-electron chi connectivity index (χ4n) is 4.96. The third-order valence-electron chi connectivity index (χ3n) is 6.82. The van der Waals surface area contributed by atoms with Gasteiger partial charge in [-0.15, -0.1) is 0 Å². The Kier molecular flexibility index (Phi) is 8.69. The number of halogens is 1. The first-order chi connectivity index (χ1) is 15.9. The number of hydrogen-bond acceptors (Lipinski definition) is 5. The van der Waals surface area contributed by atoms with Gasteiger partial charge in [-0.3, -0.25) is 9.59 Å². The lowest BCUT2D eigenvalue weighted by molar-refractivity contribution is -0.128. The third-order valence-corrected chi connectivity index (χ3v) is 7.15. The first-order valence-corrected chi connectivity index (χ1v) is 12.2. The summed E-state index contributed by atoms with van der Waals surface area (Å²) < 4.78 is 5.17. The molecule has 2 aliphatic carbocycles. The van der Waals surface area contributed by atoms with Crippen LogP contribution in [0.3, 0.4) is 0 Å². The number of carbonyl (C=O) groups is 2. The molecule has 2 atom stereocenters. The van der Waals surface area contributed by atoms with Gasteiger partial charge in [0, 0.05) is 17.9 Å². The molecule has 0 spiro atoms. The number of nitrogens with two attached hydrogens (primary N) is 1. The van der Waals surface area contributed by atoms with E-state index in [1.165, 1.54) is 0 Å². The minimum absolute atomic E-state index is 0.113. The Morgan fingerprint density at radius 3 is 2.15 bits per heavy atom. The molecule has 0 radical (unpaired) electrons. The summed E-state index contributed by atoms with van der Waals surface area (Å²) in [5.41, 5.74) is 6.71. The molecule has 2 aromatic rings. The molecule has 0 heterocycles. The van der Waals surface area contributed by atoms with Crippen LogP contribution in [0.5, 0.6) is 5.75 Å². The predicted molar refractivity (Wildman–Crippen MR) is 133 cm³/mol. The van der Waals surface area contributed by atoms with Gasteiger partial charge in [0.15, 0.2) is 11.6 Å². The second-order valence-corrected chi connectivity index (χ2v) is 9.28. The van der Waals surface area contributed by atoms with E-state index in [-0.39, 0.29) is 5.78 Å². The van der Waals surface area contributed by atoms with Crippen LogP contribution in [0.1, 0.15) is 69.4 Å². The number of nitrogens with one attached hydrogen (secondary N) is 1. The lowest BCUT2D eigenvalue weighted by atomic mass is 9.75. The highest BCUT2D eigenvalue weighted by molar-refractivity contribution is 6.31. The molecule has 0 aromatic heterocycles. The molecule has 33 heavy (non-hydrogen) atoms. The number of Topliss-reactive ketones (excluding diaryl/α,β-unsaturated/α-hetero) is 2. The van der Waals surface area contributed by atoms with Crippen LogP contribution in [0.15, 0.2) is 48.5 Å². The number of rotatable bonds is 5. The molecule has 0 unspecified atom stereocenters. The number of methoxy groups -OCH3 is 1. The molecule has 2 fully saturated rings. The van der Waals surface area contributed by atoms with Gasteiger partial charge < -0.3 is 15.8 Å². The largest absolute Gasteiger partial charge is 0.497 e. The molecule has 0 bridgehead atoms. The van der Waals surface area contributed by atoms with E-state index in [2.05, 4.69) is 5.32 Å². The maximum atomic E-state index is 12.4. The van der Waals surface area contributed by atoms with Crippen molar-refractivity contribution in [3.63, 3.8) is 0 Å². The number of ketones is 2. The summed E-state index contributed by atoms with van der Waals surface area (Å²) in [5.74, 6) is 1.26. The van der Waals surface area contributed by atoms with E-state index in [4.69, 9.17) is 22.1 Å². The number of ether oxygens (including phenoxy) is 1. The summed E-state index contributed by atoms with van der Waals surface area (Å²) >= 11 is 6.08. The van der Waals surface area contributed by atoms with Gasteiger partial charge in [0.25, 0.3) is 0 Å². The maximum absolute atomic E-state index is 12.4. The van der Waals surface area contributed by atoms with Crippen LogP contribution in [0.4, 0.5) is 0 Å². The van der Waals surface area contributed by atoms with Crippen LogP contribution in [-0.4, -0.2) is 25.2 Å². The molecule has 5 nitrogen and oxygen atoms in total. The molecule has 0 amide bonds. The van der Waals surface area contributed by atoms with Crippen molar-refractivity contribution in [2.24, 2.45) is 5.73 Å². The number of carbonyl (C=O) groups excluding carboxylic acids is 2. The van der Waals surface area contributed by atoms with Crippen molar-refractivity contribution < 1.29 is 14.3 Å². The summed E-state index contributed by atoms with van der Waals surface area (Å²) in [6.45, 7) is 2.85. The van der Waals surface area contributed by atoms with Gasteiger partial charge in [-0.1, -0.05) is 61.7 Å². The van der Waals surface area contributed by atoms with Crippen molar-refractivity contribution in [1.82, 2.24) is 5.32 Å². The fraction of sp³-hybridized carbons (Fsp3) is 0.481. The SMILES string of the molecule is CCN[C@@]1(c2ccc(OC)cc2)CCCCC1=O.N[C@@]1(c2ccccc2Cl)CCCCC1=O. The van der Waals surface area contributed by atoms with Crippen molar-refractivity contribution in [2.45, 2.75) is 69.4 Å². The van der Waals surface area contributed by atoms with Gasteiger partial charge in [0.05, 0.1) is 7.11 Å². The molecule has 6 heteroatoms. The van der Waals surface area contributed by atoms with Crippen molar-refractivity contribution in [2.75, 3.05) is 13.7 Å². The topological polar surface area (TPSA) is 81.4 Å². The highest BCUT2D eigenvalue weighted by Gasteiger charge is 2.40. The second kappa shape index (κ2) is 11.3. The van der Waals surface area contributed by atoms with Crippen molar-refractivity contribution in [3.05, 3.63) is 64.7 Å². The second-order valence-electron chi connectivity index (χ2n) is 8.88. The Balaban J connectivity index is 0.000000189. The number of hydrogen-bond donors (Lipinski definition) is 2. The first-order valence-electron chi connectivity index (χ1n) is 11.9. The van der Waals surface area contributed by atoms with E-state index < -0.39 is 11.1 Å². The summed E-state index contributed by atoms with van der Waals surface area (Å²) in [7, 11) is 1.65. The van der Waals surface area contributed by atoms with Gasteiger partial charge in [-0.2, -0.15) is 0 Å². The van der Waals surface area contributed by atoms with E-state index in [0.29, 0.717) is 30.1 Å². The van der Waals surface area contributed by atoms with Crippen LogP contribution in [0.25, 0.3) is 0 Å². The zero-order chi connectivity index (χ0) is 23.9. The smallest absolute Gasteiger partial charge is 0.157 e. The predicted octanol–water partition coefficient (Wildman–Crippen LogP) is 5.28. The molecule has 0 saturated heterocycles. The Morgan fingerprint density at radius 1 is 0.939 bits per heavy atom. The van der Waals surface area contributed by atoms with Crippen molar-refractivity contribution >= 4 is 23.2 Å². The van der Waals surface area contributed by atoms with Crippen LogP contribution >= 0.6 is 11.6 Å². The number of likely N-dealkylation sites (N-methyl/N-ethyl adjacent to an activating group) is 1. The van der Waals surface area contributed by atoms with Gasteiger partial charge in [0.1, 0.15) is 16.8 Å². The van der Waals surface area contributed by atoms with Gasteiger partial charge in [-0.05, 0) is 61.6 Å². The number of benzene rings is 2. The molecular weight excluding hydrogens is 436 g/mol. The van der Waals surface area contributed by atoms with Crippen LogP contribution in [0, 0.1) is 0 Å². The monoisotopic (exact) mass is 470 g/mol. The van der Waals surface area contributed by atoms with E-state index in [1.807, 2.05) is 49.4 Å². The average Bonchev–Trinajstić information content (AvgIpc) is 2.83. The standard InChI is InChI=1S/C15H21NO2.C12H14ClNO/c1-3-16-15(11-5-4-6-14(15)17)12-7-9-13(18-2)10-8-12;13-10-6-2-1-5-9(10)12(14)8-4-3-7-11(12)15/h7-10,16H,3-6,11H2,1-2H3;1-2,5-6H,3-4,7-8,14H2/t15-;12-/m11/s1. The van der Waals surface area contributed by atoms with Crippen molar-refractivity contribution in [1.29, 1.82) is 0 Å². The van der Waals surface area contributed by atoms with E-state index >= 15 is 0 Å². The molecular formula is C27H35ClN2O3. The van der Waals surface area contributed by atoms with Crippen LogP contribution in [0.2, 0.25) is 5.02 Å². The average molecular weight is 471 g/mol. The zero-order valence-corrected chi connectivity index (χ0v) is 20.4. The van der Waals surface area contributed by atoms with E-state index in [0.717, 1.165) is 55.5 Å². The molecule has 178 valence electrons. The van der Waals surface area contributed by atoms with Crippen LogP contribution < -0.4 is 15.8 Å². The molecule has 4 rings (SSSR count). The van der Waals surface area contributed by atoms with Gasteiger partial charge in [0.2, 0.25) is 0 Å². The molecule has 2 aliphatic rings. The molecule has 2 saturated carbocycles. The third kappa shape index (κ3) is 5.48. The first kappa shape index (κ1) is 25.4. The quantitative estimate of drug-likeness (QED) is 0.621.